The molecule has 0 radical (unpaired) electrons. The normalized spacial score (nSPS) is 16.8. The molecule has 9 heteroatoms. The van der Waals surface area contributed by atoms with Crippen molar-refractivity contribution >= 4 is 21.7 Å². The number of hydrogen-bond donors (Lipinski definition) is 2. The summed E-state index contributed by atoms with van der Waals surface area (Å²) in [5.74, 6) is -2.55. The minimum absolute atomic E-state index is 0.00568. The van der Waals surface area contributed by atoms with E-state index in [1.165, 1.54) is 36.4 Å². The van der Waals surface area contributed by atoms with Crippen molar-refractivity contribution in [2.75, 3.05) is 5.32 Å². The van der Waals surface area contributed by atoms with Crippen molar-refractivity contribution in [3.8, 4) is 0 Å². The molecule has 0 unspecified atom stereocenters. The second kappa shape index (κ2) is 8.07. The summed E-state index contributed by atoms with van der Waals surface area (Å²) < 4.78 is 70.4. The maximum absolute atomic E-state index is 14.9. The van der Waals surface area contributed by atoms with Gasteiger partial charge < -0.3 is 5.32 Å². The molecule has 2 N–H and O–H groups in total. The molecule has 3 aromatic rings. The van der Waals surface area contributed by atoms with Gasteiger partial charge in [-0.2, -0.15) is 0 Å². The zero-order chi connectivity index (χ0) is 22.2. The van der Waals surface area contributed by atoms with Crippen LogP contribution in [-0.2, 0) is 16.6 Å². The molecule has 1 atom stereocenters. The number of fused-ring (bicyclic) bond motifs is 1. The molecule has 0 fully saturated rings. The topological polar surface area (TPSA) is 70.6 Å². The number of rotatable bonds is 4. The monoisotopic (exact) mass is 445 g/mol. The Bertz CT molecular complexity index is 1290. The van der Waals surface area contributed by atoms with Crippen LogP contribution in [0.5, 0.6) is 0 Å². The van der Waals surface area contributed by atoms with E-state index in [0.717, 1.165) is 12.1 Å². The summed E-state index contributed by atoms with van der Waals surface area (Å²) in [4.78, 5) is 3.99. The van der Waals surface area contributed by atoms with Gasteiger partial charge in [-0.25, -0.2) is 31.3 Å². The molecule has 1 heterocycles. The molecule has 1 aliphatic rings. The second-order valence-electron chi connectivity index (χ2n) is 7.10. The molecular weight excluding hydrogens is 427 g/mol. The summed E-state index contributed by atoms with van der Waals surface area (Å²) >= 11 is 0. The van der Waals surface area contributed by atoms with Gasteiger partial charge in [0.15, 0.2) is 0 Å². The van der Waals surface area contributed by atoms with Crippen molar-refractivity contribution < 1.29 is 21.6 Å². The molecule has 0 amide bonds. The Morgan fingerprint density at radius 2 is 1.74 bits per heavy atom. The predicted octanol–water partition coefficient (Wildman–Crippen LogP) is 4.52. The molecule has 31 heavy (non-hydrogen) atoms. The van der Waals surface area contributed by atoms with Gasteiger partial charge in [-0.1, -0.05) is 37.3 Å². The number of hydrogen-bond acceptors (Lipinski definition) is 3. The van der Waals surface area contributed by atoms with Crippen LogP contribution in [0.2, 0.25) is 0 Å². The van der Waals surface area contributed by atoms with Gasteiger partial charge >= 0.3 is 0 Å². The molecule has 0 spiro atoms. The summed E-state index contributed by atoms with van der Waals surface area (Å²) in [5.41, 5.74) is 0.753. The van der Waals surface area contributed by atoms with Crippen molar-refractivity contribution in [2.45, 2.75) is 24.3 Å². The first kappa shape index (κ1) is 20.9. The lowest BCUT2D eigenvalue weighted by Gasteiger charge is -2.26. The van der Waals surface area contributed by atoms with Crippen molar-refractivity contribution in [3.63, 3.8) is 0 Å². The zero-order valence-corrected chi connectivity index (χ0v) is 17.2. The summed E-state index contributed by atoms with van der Waals surface area (Å²) in [6, 6.07) is 13.8. The van der Waals surface area contributed by atoms with Gasteiger partial charge in [-0.05, 0) is 41.5 Å². The SMILES string of the molecule is C[C@H](c1ccccc1F)c1c(F)ccc2c1NC(=NCc1cccc(F)c1)NS2(=O)=O. The quantitative estimate of drug-likeness (QED) is 0.621. The van der Waals surface area contributed by atoms with Crippen LogP contribution in [-0.4, -0.2) is 14.4 Å². The minimum atomic E-state index is -4.05. The van der Waals surface area contributed by atoms with E-state index in [0.29, 0.717) is 5.56 Å². The van der Waals surface area contributed by atoms with Gasteiger partial charge in [-0.15, -0.1) is 0 Å². The molecule has 0 bridgehead atoms. The number of nitrogens with one attached hydrogen (secondary N) is 2. The zero-order valence-electron chi connectivity index (χ0n) is 16.4. The molecule has 1 aliphatic heterocycles. The van der Waals surface area contributed by atoms with Crippen molar-refractivity contribution in [2.24, 2.45) is 4.99 Å². The highest BCUT2D eigenvalue weighted by Crippen LogP contribution is 2.38. The number of benzene rings is 3. The average Bonchev–Trinajstić information content (AvgIpc) is 2.71. The Kier molecular flexibility index (Phi) is 5.45. The molecule has 4 rings (SSSR count). The van der Waals surface area contributed by atoms with E-state index in [-0.39, 0.29) is 34.2 Å². The van der Waals surface area contributed by atoms with Crippen LogP contribution < -0.4 is 10.0 Å². The first-order valence-corrected chi connectivity index (χ1v) is 10.9. The Morgan fingerprint density at radius 1 is 0.968 bits per heavy atom. The molecule has 160 valence electrons. The Morgan fingerprint density at radius 3 is 2.48 bits per heavy atom. The fourth-order valence-electron chi connectivity index (χ4n) is 3.54. The standard InChI is InChI=1S/C22H18F3N3O2S/c1-13(16-7-2-3-8-17(16)24)20-18(25)9-10-19-21(20)27-22(28-31(19,29)30)26-12-14-5-4-6-15(23)11-14/h2-11,13H,12H2,1H3,(H2,26,27,28)/t13-/m1/s1. The van der Waals surface area contributed by atoms with E-state index in [1.54, 1.807) is 19.1 Å². The van der Waals surface area contributed by atoms with Crippen LogP contribution >= 0.6 is 0 Å². The van der Waals surface area contributed by atoms with E-state index < -0.39 is 33.4 Å². The van der Waals surface area contributed by atoms with Gasteiger partial charge in [-0.3, -0.25) is 0 Å². The molecule has 0 aliphatic carbocycles. The molecule has 3 aromatic carbocycles. The first-order valence-electron chi connectivity index (χ1n) is 9.42. The van der Waals surface area contributed by atoms with Gasteiger partial charge in [0.2, 0.25) is 5.96 Å². The van der Waals surface area contributed by atoms with Crippen LogP contribution in [0.25, 0.3) is 0 Å². The van der Waals surface area contributed by atoms with Crippen molar-refractivity contribution in [3.05, 3.63) is 94.8 Å². The molecular formula is C22H18F3N3O2S. The minimum Gasteiger partial charge on any atom is -0.324 e. The number of nitrogens with zero attached hydrogens (tertiary/aromatic N) is 1. The maximum atomic E-state index is 14.9. The molecule has 0 aromatic heterocycles. The Balaban J connectivity index is 1.77. The Hall–Kier alpha value is -3.33. The van der Waals surface area contributed by atoms with E-state index in [4.69, 9.17) is 0 Å². The number of halogens is 3. The molecule has 5 nitrogen and oxygen atoms in total. The van der Waals surface area contributed by atoms with E-state index in [1.807, 2.05) is 0 Å². The summed E-state index contributed by atoms with van der Waals surface area (Å²) in [6.45, 7) is 1.59. The van der Waals surface area contributed by atoms with Crippen LogP contribution in [0.4, 0.5) is 18.9 Å². The number of anilines is 1. The van der Waals surface area contributed by atoms with Crippen molar-refractivity contribution in [1.29, 1.82) is 0 Å². The number of sulfonamides is 1. The largest absolute Gasteiger partial charge is 0.324 e. The highest BCUT2D eigenvalue weighted by Gasteiger charge is 2.32. The lowest BCUT2D eigenvalue weighted by Crippen LogP contribution is -2.41. The predicted molar refractivity (Wildman–Crippen MR) is 112 cm³/mol. The summed E-state index contributed by atoms with van der Waals surface area (Å²) in [5, 5.41) is 2.82. The van der Waals surface area contributed by atoms with Crippen LogP contribution in [0, 0.1) is 17.5 Å². The van der Waals surface area contributed by atoms with Crippen LogP contribution in [0.1, 0.15) is 29.5 Å². The third-order valence-electron chi connectivity index (χ3n) is 5.03. The third kappa shape index (κ3) is 4.13. The number of guanidine groups is 1. The fraction of sp³-hybridized carbons (Fsp3) is 0.136. The Labute approximate surface area is 177 Å². The highest BCUT2D eigenvalue weighted by molar-refractivity contribution is 7.90. The number of aliphatic imine (C=N–C) groups is 1. The maximum Gasteiger partial charge on any atom is 0.266 e. The first-order chi connectivity index (χ1) is 14.8. The molecule has 0 saturated heterocycles. The van der Waals surface area contributed by atoms with E-state index >= 15 is 0 Å². The van der Waals surface area contributed by atoms with E-state index in [2.05, 4.69) is 15.0 Å². The average molecular weight is 445 g/mol. The smallest absolute Gasteiger partial charge is 0.266 e. The van der Waals surface area contributed by atoms with Crippen molar-refractivity contribution in [1.82, 2.24) is 4.72 Å². The highest BCUT2D eigenvalue weighted by atomic mass is 32.2. The summed E-state index contributed by atoms with van der Waals surface area (Å²) in [7, 11) is -4.05. The lowest BCUT2D eigenvalue weighted by molar-refractivity contribution is 0.577. The van der Waals surface area contributed by atoms with Gasteiger partial charge in [0.05, 0.1) is 12.2 Å². The lowest BCUT2D eigenvalue weighted by atomic mass is 9.91. The van der Waals surface area contributed by atoms with Gasteiger partial charge in [0.25, 0.3) is 10.0 Å². The second-order valence-corrected chi connectivity index (χ2v) is 8.75. The third-order valence-corrected chi connectivity index (χ3v) is 6.41. The van der Waals surface area contributed by atoms with Crippen LogP contribution in [0.15, 0.2) is 70.6 Å². The van der Waals surface area contributed by atoms with Gasteiger partial charge in [0.1, 0.15) is 22.3 Å². The van der Waals surface area contributed by atoms with Crippen LogP contribution in [0.3, 0.4) is 0 Å². The van der Waals surface area contributed by atoms with Gasteiger partial charge in [0, 0.05) is 11.5 Å². The summed E-state index contributed by atoms with van der Waals surface area (Å²) in [6.07, 6.45) is 0. The van der Waals surface area contributed by atoms with E-state index in [9.17, 15) is 21.6 Å². The molecule has 0 saturated carbocycles. The fourth-order valence-corrected chi connectivity index (χ4v) is 4.69.